The quantitative estimate of drug-likeness (QED) is 0.779. The Morgan fingerprint density at radius 2 is 2.06 bits per heavy atom. The van der Waals surface area contributed by atoms with E-state index in [-0.39, 0.29) is 0 Å². The molecule has 0 unspecified atom stereocenters. The van der Waals surface area contributed by atoms with Gasteiger partial charge in [0.25, 0.3) is 0 Å². The van der Waals surface area contributed by atoms with Crippen LogP contribution in [0.5, 0.6) is 11.5 Å². The molecule has 0 saturated heterocycles. The van der Waals surface area contributed by atoms with Gasteiger partial charge in [0.15, 0.2) is 0 Å². The molecular weight excluding hydrogens is 246 g/mol. The molecular formula is C14H17NO2S. The lowest BCUT2D eigenvalue weighted by Gasteiger charge is -2.08. The van der Waals surface area contributed by atoms with Crippen molar-refractivity contribution in [3.8, 4) is 11.5 Å². The number of thiophene rings is 1. The third-order valence-electron chi connectivity index (χ3n) is 2.47. The summed E-state index contributed by atoms with van der Waals surface area (Å²) in [7, 11) is 1.65. The van der Waals surface area contributed by atoms with Crippen molar-refractivity contribution in [3.05, 3.63) is 46.7 Å². The maximum absolute atomic E-state index is 5.63. The van der Waals surface area contributed by atoms with Gasteiger partial charge in [-0.05, 0) is 23.6 Å². The highest BCUT2D eigenvalue weighted by Crippen LogP contribution is 2.18. The van der Waals surface area contributed by atoms with Crippen molar-refractivity contribution >= 4 is 11.3 Å². The Balaban J connectivity index is 1.65. The lowest BCUT2D eigenvalue weighted by Crippen LogP contribution is -2.20. The van der Waals surface area contributed by atoms with Gasteiger partial charge in [-0.25, -0.2) is 0 Å². The van der Waals surface area contributed by atoms with E-state index in [4.69, 9.17) is 9.47 Å². The maximum atomic E-state index is 5.63. The predicted octanol–water partition coefficient (Wildman–Crippen LogP) is 2.93. The van der Waals surface area contributed by atoms with Crippen LogP contribution in [0.1, 0.15) is 4.88 Å². The predicted molar refractivity (Wildman–Crippen MR) is 74.5 cm³/mol. The largest absolute Gasteiger partial charge is 0.497 e. The molecule has 1 aromatic heterocycles. The number of rotatable bonds is 7. The van der Waals surface area contributed by atoms with E-state index in [1.165, 1.54) is 4.88 Å². The number of methoxy groups -OCH3 is 1. The lowest BCUT2D eigenvalue weighted by molar-refractivity contribution is 0.311. The fourth-order valence-electron chi connectivity index (χ4n) is 1.56. The second kappa shape index (κ2) is 7.03. The second-order valence-corrected chi connectivity index (χ2v) is 4.82. The van der Waals surface area contributed by atoms with Crippen molar-refractivity contribution in [1.82, 2.24) is 5.32 Å². The van der Waals surface area contributed by atoms with Crippen molar-refractivity contribution in [1.29, 1.82) is 0 Å². The van der Waals surface area contributed by atoms with E-state index in [1.54, 1.807) is 18.4 Å². The molecule has 0 fully saturated rings. The number of benzene rings is 1. The fourth-order valence-corrected chi connectivity index (χ4v) is 2.23. The summed E-state index contributed by atoms with van der Waals surface area (Å²) in [6.45, 7) is 2.38. The molecule has 2 rings (SSSR count). The van der Waals surface area contributed by atoms with Gasteiger partial charge < -0.3 is 14.8 Å². The SMILES string of the molecule is COc1cccc(OCCNCc2cccs2)c1. The van der Waals surface area contributed by atoms with Gasteiger partial charge in [-0.1, -0.05) is 12.1 Å². The summed E-state index contributed by atoms with van der Waals surface area (Å²) < 4.78 is 10.8. The van der Waals surface area contributed by atoms with E-state index in [0.29, 0.717) is 6.61 Å². The third-order valence-corrected chi connectivity index (χ3v) is 3.34. The van der Waals surface area contributed by atoms with Crippen LogP contribution in [0.4, 0.5) is 0 Å². The average Bonchev–Trinajstić information content (AvgIpc) is 2.92. The summed E-state index contributed by atoms with van der Waals surface area (Å²) in [6.07, 6.45) is 0. The summed E-state index contributed by atoms with van der Waals surface area (Å²) >= 11 is 1.76. The highest BCUT2D eigenvalue weighted by atomic mass is 32.1. The first-order valence-electron chi connectivity index (χ1n) is 5.88. The van der Waals surface area contributed by atoms with Crippen LogP contribution in [0.2, 0.25) is 0 Å². The number of hydrogen-bond acceptors (Lipinski definition) is 4. The van der Waals surface area contributed by atoms with E-state index >= 15 is 0 Å². The average molecular weight is 263 g/mol. The van der Waals surface area contributed by atoms with E-state index in [9.17, 15) is 0 Å². The number of ether oxygens (including phenoxy) is 2. The third kappa shape index (κ3) is 4.05. The van der Waals surface area contributed by atoms with E-state index in [0.717, 1.165) is 24.6 Å². The van der Waals surface area contributed by atoms with Gasteiger partial charge in [-0.2, -0.15) is 0 Å². The van der Waals surface area contributed by atoms with Gasteiger partial charge in [0.05, 0.1) is 7.11 Å². The molecule has 1 aromatic carbocycles. The van der Waals surface area contributed by atoms with Crippen LogP contribution in [0.25, 0.3) is 0 Å². The van der Waals surface area contributed by atoms with Crippen LogP contribution < -0.4 is 14.8 Å². The molecule has 1 heterocycles. The molecule has 0 aliphatic carbocycles. The Hall–Kier alpha value is -1.52. The van der Waals surface area contributed by atoms with Crippen molar-refractivity contribution in [2.24, 2.45) is 0 Å². The first kappa shape index (κ1) is 12.9. The summed E-state index contributed by atoms with van der Waals surface area (Å²) in [5, 5.41) is 5.43. The van der Waals surface area contributed by atoms with Crippen LogP contribution in [0, 0.1) is 0 Å². The minimum Gasteiger partial charge on any atom is -0.497 e. The maximum Gasteiger partial charge on any atom is 0.123 e. The molecule has 0 saturated carbocycles. The Kier molecular flexibility index (Phi) is 5.05. The molecule has 18 heavy (non-hydrogen) atoms. The van der Waals surface area contributed by atoms with Crippen LogP contribution >= 0.6 is 11.3 Å². The second-order valence-electron chi connectivity index (χ2n) is 3.78. The van der Waals surface area contributed by atoms with Gasteiger partial charge in [0.1, 0.15) is 18.1 Å². The zero-order valence-electron chi connectivity index (χ0n) is 10.4. The molecule has 3 nitrogen and oxygen atoms in total. The van der Waals surface area contributed by atoms with Crippen molar-refractivity contribution in [3.63, 3.8) is 0 Å². The highest BCUT2D eigenvalue weighted by molar-refractivity contribution is 7.09. The number of nitrogens with one attached hydrogen (secondary N) is 1. The zero-order chi connectivity index (χ0) is 12.6. The minimum atomic E-state index is 0.651. The smallest absolute Gasteiger partial charge is 0.123 e. The monoisotopic (exact) mass is 263 g/mol. The van der Waals surface area contributed by atoms with Crippen molar-refractivity contribution < 1.29 is 9.47 Å². The molecule has 1 N–H and O–H groups in total. The summed E-state index contributed by atoms with van der Waals surface area (Å²) in [6, 6.07) is 11.8. The molecule has 96 valence electrons. The Morgan fingerprint density at radius 3 is 2.83 bits per heavy atom. The Labute approximate surface area is 111 Å². The molecule has 2 aromatic rings. The highest BCUT2D eigenvalue weighted by Gasteiger charge is 1.97. The first-order valence-corrected chi connectivity index (χ1v) is 6.76. The van der Waals surface area contributed by atoms with Gasteiger partial charge in [0, 0.05) is 24.0 Å². The van der Waals surface area contributed by atoms with Crippen LogP contribution in [0.15, 0.2) is 41.8 Å². The Bertz CT molecular complexity index is 457. The zero-order valence-corrected chi connectivity index (χ0v) is 11.2. The van der Waals surface area contributed by atoms with Gasteiger partial charge in [-0.15, -0.1) is 11.3 Å². The lowest BCUT2D eigenvalue weighted by atomic mass is 10.3. The molecule has 0 aliphatic rings. The van der Waals surface area contributed by atoms with Crippen LogP contribution in [-0.4, -0.2) is 20.3 Å². The van der Waals surface area contributed by atoms with Gasteiger partial charge >= 0.3 is 0 Å². The molecule has 0 amide bonds. The normalized spacial score (nSPS) is 10.3. The molecule has 0 radical (unpaired) electrons. The minimum absolute atomic E-state index is 0.651. The molecule has 0 aliphatic heterocycles. The van der Waals surface area contributed by atoms with Crippen molar-refractivity contribution in [2.45, 2.75) is 6.54 Å². The van der Waals surface area contributed by atoms with E-state index in [1.807, 2.05) is 24.3 Å². The molecule has 0 bridgehead atoms. The van der Waals surface area contributed by atoms with Gasteiger partial charge in [0.2, 0.25) is 0 Å². The van der Waals surface area contributed by atoms with E-state index in [2.05, 4.69) is 22.8 Å². The first-order chi connectivity index (χ1) is 8.88. The summed E-state index contributed by atoms with van der Waals surface area (Å²) in [5.41, 5.74) is 0. The van der Waals surface area contributed by atoms with Crippen molar-refractivity contribution in [2.75, 3.05) is 20.3 Å². The topological polar surface area (TPSA) is 30.5 Å². The standard InChI is InChI=1S/C14H17NO2S/c1-16-12-4-2-5-13(10-12)17-8-7-15-11-14-6-3-9-18-14/h2-6,9-10,15H,7-8,11H2,1H3. The van der Waals surface area contributed by atoms with Crippen LogP contribution in [0.3, 0.4) is 0 Å². The molecule has 0 atom stereocenters. The fraction of sp³-hybridized carbons (Fsp3) is 0.286. The molecule has 4 heteroatoms. The molecule has 0 spiro atoms. The van der Waals surface area contributed by atoms with Crippen LogP contribution in [-0.2, 0) is 6.54 Å². The summed E-state index contributed by atoms with van der Waals surface area (Å²) in [5.74, 6) is 1.66. The Morgan fingerprint density at radius 1 is 1.17 bits per heavy atom. The van der Waals surface area contributed by atoms with Gasteiger partial charge in [-0.3, -0.25) is 0 Å². The summed E-state index contributed by atoms with van der Waals surface area (Å²) in [4.78, 5) is 1.34. The van der Waals surface area contributed by atoms with E-state index < -0.39 is 0 Å². The number of hydrogen-bond donors (Lipinski definition) is 1.